The molecular weight excluding hydrogens is 318 g/mol. The van der Waals surface area contributed by atoms with E-state index in [1.54, 1.807) is 31.2 Å². The molecule has 25 heavy (non-hydrogen) atoms. The molecule has 2 amide bonds. The van der Waals surface area contributed by atoms with Crippen molar-refractivity contribution in [3.63, 3.8) is 0 Å². The van der Waals surface area contributed by atoms with Crippen molar-refractivity contribution < 1.29 is 19.1 Å². The summed E-state index contributed by atoms with van der Waals surface area (Å²) in [5, 5.41) is 0. The van der Waals surface area contributed by atoms with Gasteiger partial charge in [-0.3, -0.25) is 14.5 Å². The Hall–Kier alpha value is -2.43. The first kappa shape index (κ1) is 14.9. The molecule has 0 unspecified atom stereocenters. The second-order valence-corrected chi connectivity index (χ2v) is 7.43. The lowest BCUT2D eigenvalue weighted by atomic mass is 9.63. The molecule has 5 heteroatoms. The van der Waals surface area contributed by atoms with E-state index in [0.717, 1.165) is 6.42 Å². The predicted octanol–water partition coefficient (Wildman–Crippen LogP) is 2.42. The summed E-state index contributed by atoms with van der Waals surface area (Å²) in [6.45, 7) is 2.06. The Morgan fingerprint density at radius 3 is 2.12 bits per heavy atom. The summed E-state index contributed by atoms with van der Waals surface area (Å²) >= 11 is 0. The van der Waals surface area contributed by atoms with Crippen LogP contribution >= 0.6 is 0 Å². The molecule has 6 atom stereocenters. The van der Waals surface area contributed by atoms with Crippen molar-refractivity contribution in [3.8, 4) is 0 Å². The van der Waals surface area contributed by atoms with Crippen molar-refractivity contribution in [2.75, 3.05) is 11.5 Å². The Kier molecular flexibility index (Phi) is 3.00. The predicted molar refractivity (Wildman–Crippen MR) is 89.6 cm³/mol. The van der Waals surface area contributed by atoms with Gasteiger partial charge in [0.05, 0.1) is 29.7 Å². The summed E-state index contributed by atoms with van der Waals surface area (Å²) in [6.07, 6.45) is 5.49. The number of imide groups is 1. The Bertz CT molecular complexity index is 775. The number of amides is 2. The van der Waals surface area contributed by atoms with Crippen LogP contribution < -0.4 is 4.90 Å². The minimum absolute atomic E-state index is 0.0800. The topological polar surface area (TPSA) is 63.7 Å². The fourth-order valence-corrected chi connectivity index (χ4v) is 5.17. The number of carbonyl (C=O) groups excluding carboxylic acids is 3. The van der Waals surface area contributed by atoms with Crippen LogP contribution in [0.5, 0.6) is 0 Å². The van der Waals surface area contributed by atoms with Crippen molar-refractivity contribution in [3.05, 3.63) is 42.0 Å². The fourth-order valence-electron chi connectivity index (χ4n) is 5.17. The Morgan fingerprint density at radius 1 is 1.04 bits per heavy atom. The zero-order valence-corrected chi connectivity index (χ0v) is 13.9. The van der Waals surface area contributed by atoms with Crippen LogP contribution in [0, 0.1) is 35.5 Å². The summed E-state index contributed by atoms with van der Waals surface area (Å²) in [5.41, 5.74) is 0.968. The number of allylic oxidation sites excluding steroid dienone is 2. The van der Waals surface area contributed by atoms with Crippen LogP contribution in [0.4, 0.5) is 5.69 Å². The normalized spacial score (nSPS) is 37.1. The van der Waals surface area contributed by atoms with Gasteiger partial charge in [-0.2, -0.15) is 0 Å². The molecule has 3 fully saturated rings. The molecule has 128 valence electrons. The van der Waals surface area contributed by atoms with Crippen LogP contribution in [0.25, 0.3) is 0 Å². The SMILES string of the molecule is CCOC(=O)c1ccc(N2C(=O)[C@@H]3[C@@H]4C=C[C@@H]([C@@H]5C[C@H]45)[C@@H]3C2=O)cc1. The number of anilines is 1. The third-order valence-electron chi connectivity index (χ3n) is 6.30. The molecule has 0 radical (unpaired) electrons. The van der Waals surface area contributed by atoms with Gasteiger partial charge in [-0.25, -0.2) is 4.79 Å². The summed E-state index contributed by atoms with van der Waals surface area (Å²) in [4.78, 5) is 39.1. The molecule has 0 spiro atoms. The van der Waals surface area contributed by atoms with Crippen LogP contribution in [-0.2, 0) is 14.3 Å². The number of rotatable bonds is 3. The fraction of sp³-hybridized carbons (Fsp3) is 0.450. The first-order valence-electron chi connectivity index (χ1n) is 8.95. The van der Waals surface area contributed by atoms with E-state index in [1.165, 1.54) is 4.90 Å². The van der Waals surface area contributed by atoms with E-state index in [2.05, 4.69) is 12.2 Å². The van der Waals surface area contributed by atoms with Gasteiger partial charge in [-0.15, -0.1) is 0 Å². The molecule has 5 aliphatic rings. The van der Waals surface area contributed by atoms with Gasteiger partial charge < -0.3 is 4.74 Å². The largest absolute Gasteiger partial charge is 0.462 e. The van der Waals surface area contributed by atoms with Gasteiger partial charge in [0.25, 0.3) is 0 Å². The highest BCUT2D eigenvalue weighted by Crippen LogP contribution is 2.65. The maximum Gasteiger partial charge on any atom is 0.338 e. The standard InChI is InChI=1S/C20H19NO4/c1-2-25-20(24)10-3-5-11(6-4-10)21-18(22)16-12-7-8-13(15-9-14(12)15)17(16)19(21)23/h3-8,12-17H,2,9H2,1H3/t12-,13+,14-,15+,16-,17+. The highest BCUT2D eigenvalue weighted by molar-refractivity contribution is 6.22. The van der Waals surface area contributed by atoms with Crippen LogP contribution in [-0.4, -0.2) is 24.4 Å². The van der Waals surface area contributed by atoms with Gasteiger partial charge in [0.15, 0.2) is 0 Å². The van der Waals surface area contributed by atoms with Crippen molar-refractivity contribution >= 4 is 23.5 Å². The van der Waals surface area contributed by atoms with E-state index >= 15 is 0 Å². The zero-order valence-electron chi connectivity index (χ0n) is 13.9. The summed E-state index contributed by atoms with van der Waals surface area (Å²) in [6, 6.07) is 6.55. The number of carbonyl (C=O) groups is 3. The van der Waals surface area contributed by atoms with Gasteiger partial charge in [-0.05, 0) is 61.3 Å². The lowest BCUT2D eigenvalue weighted by molar-refractivity contribution is -0.124. The highest BCUT2D eigenvalue weighted by Gasteiger charge is 2.67. The third-order valence-corrected chi connectivity index (χ3v) is 6.30. The van der Waals surface area contributed by atoms with Crippen molar-refractivity contribution in [2.45, 2.75) is 13.3 Å². The van der Waals surface area contributed by atoms with E-state index in [9.17, 15) is 14.4 Å². The van der Waals surface area contributed by atoms with Crippen molar-refractivity contribution in [1.82, 2.24) is 0 Å². The number of benzene rings is 1. The molecular formula is C20H19NO4. The van der Waals surface area contributed by atoms with E-state index in [0.29, 0.717) is 29.7 Å². The molecule has 0 aromatic heterocycles. The minimum atomic E-state index is -0.399. The van der Waals surface area contributed by atoms with E-state index in [-0.39, 0.29) is 35.5 Å². The molecule has 5 nitrogen and oxygen atoms in total. The van der Waals surface area contributed by atoms with Gasteiger partial charge in [-0.1, -0.05) is 12.2 Å². The van der Waals surface area contributed by atoms with E-state index in [4.69, 9.17) is 4.74 Å². The second-order valence-electron chi connectivity index (χ2n) is 7.43. The first-order valence-corrected chi connectivity index (χ1v) is 8.95. The van der Waals surface area contributed by atoms with Crippen LogP contribution in [0.3, 0.4) is 0 Å². The monoisotopic (exact) mass is 337 g/mol. The molecule has 0 N–H and O–H groups in total. The number of hydrogen-bond donors (Lipinski definition) is 0. The van der Waals surface area contributed by atoms with Gasteiger partial charge in [0.2, 0.25) is 11.8 Å². The smallest absolute Gasteiger partial charge is 0.338 e. The van der Waals surface area contributed by atoms with Crippen LogP contribution in [0.15, 0.2) is 36.4 Å². The van der Waals surface area contributed by atoms with Crippen LogP contribution in [0.1, 0.15) is 23.7 Å². The highest BCUT2D eigenvalue weighted by atomic mass is 16.5. The molecule has 1 aromatic carbocycles. The lowest BCUT2D eigenvalue weighted by Crippen LogP contribution is -2.40. The molecule has 2 saturated carbocycles. The molecule has 1 heterocycles. The van der Waals surface area contributed by atoms with Crippen LogP contribution in [0.2, 0.25) is 0 Å². The molecule has 2 bridgehead atoms. The zero-order chi connectivity index (χ0) is 17.3. The maximum atomic E-state index is 13.0. The number of ether oxygens (including phenoxy) is 1. The van der Waals surface area contributed by atoms with E-state index in [1.807, 2.05) is 0 Å². The van der Waals surface area contributed by atoms with Gasteiger partial charge >= 0.3 is 5.97 Å². The summed E-state index contributed by atoms with van der Waals surface area (Å²) < 4.78 is 4.97. The molecule has 1 saturated heterocycles. The summed E-state index contributed by atoms with van der Waals surface area (Å²) in [7, 11) is 0. The van der Waals surface area contributed by atoms with Crippen molar-refractivity contribution in [2.24, 2.45) is 35.5 Å². The quantitative estimate of drug-likeness (QED) is 0.483. The maximum absolute atomic E-state index is 13.0. The molecule has 6 rings (SSSR count). The third kappa shape index (κ3) is 1.92. The van der Waals surface area contributed by atoms with Gasteiger partial charge in [0.1, 0.15) is 0 Å². The Labute approximate surface area is 145 Å². The second kappa shape index (κ2) is 5.04. The van der Waals surface area contributed by atoms with E-state index < -0.39 is 5.97 Å². The minimum Gasteiger partial charge on any atom is -0.462 e. The van der Waals surface area contributed by atoms with Crippen molar-refractivity contribution in [1.29, 1.82) is 0 Å². The molecule has 1 aliphatic heterocycles. The average Bonchev–Trinajstić information content (AvgIpc) is 3.40. The first-order chi connectivity index (χ1) is 12.1. The number of nitrogens with zero attached hydrogens (tertiary/aromatic N) is 1. The molecule has 1 aromatic rings. The number of hydrogen-bond acceptors (Lipinski definition) is 4. The number of esters is 1. The lowest BCUT2D eigenvalue weighted by Gasteiger charge is -2.37. The van der Waals surface area contributed by atoms with Gasteiger partial charge in [0, 0.05) is 0 Å². The summed E-state index contributed by atoms with van der Waals surface area (Å²) in [5.74, 6) is 0.682. The molecule has 4 aliphatic carbocycles. The Balaban J connectivity index is 1.45. The average molecular weight is 337 g/mol. The Morgan fingerprint density at radius 2 is 1.60 bits per heavy atom.